The van der Waals surface area contributed by atoms with E-state index in [1.165, 1.54) is 0 Å². The van der Waals surface area contributed by atoms with Crippen LogP contribution in [0.25, 0.3) is 11.4 Å². The second kappa shape index (κ2) is 5.39. The zero-order chi connectivity index (χ0) is 12.3. The highest BCUT2D eigenvalue weighted by atomic mass is 79.9. The highest BCUT2D eigenvalue weighted by molar-refractivity contribution is 9.10. The maximum Gasteiger partial charge on any atom is 0.255 e. The molecule has 0 amide bonds. The van der Waals surface area contributed by atoms with Crippen molar-refractivity contribution in [3.63, 3.8) is 0 Å². The molecule has 0 bridgehead atoms. The first-order chi connectivity index (χ1) is 8.20. The van der Waals surface area contributed by atoms with Crippen LogP contribution in [0, 0.1) is 0 Å². The highest BCUT2D eigenvalue weighted by Gasteiger charge is 2.16. The molecule has 90 valence electrons. The zero-order valence-electron chi connectivity index (χ0n) is 9.01. The van der Waals surface area contributed by atoms with E-state index in [2.05, 4.69) is 26.1 Å². The fourth-order valence-corrected chi connectivity index (χ4v) is 1.80. The van der Waals surface area contributed by atoms with Crippen molar-refractivity contribution in [3.05, 3.63) is 34.6 Å². The van der Waals surface area contributed by atoms with Crippen molar-refractivity contribution < 1.29 is 9.63 Å². The maximum absolute atomic E-state index is 9.65. The van der Waals surface area contributed by atoms with Crippen molar-refractivity contribution in [1.82, 2.24) is 10.1 Å². The quantitative estimate of drug-likeness (QED) is 0.900. The van der Waals surface area contributed by atoms with Gasteiger partial charge in [0, 0.05) is 10.0 Å². The van der Waals surface area contributed by atoms with Crippen LogP contribution in [-0.4, -0.2) is 21.8 Å². The Morgan fingerprint density at radius 1 is 1.47 bits per heavy atom. The van der Waals surface area contributed by atoms with Crippen LogP contribution in [0.2, 0.25) is 0 Å². The molecule has 1 aromatic heterocycles. The third-order valence-corrected chi connectivity index (χ3v) is 2.74. The van der Waals surface area contributed by atoms with E-state index >= 15 is 0 Å². The lowest BCUT2D eigenvalue weighted by molar-refractivity contribution is 0.127. The van der Waals surface area contributed by atoms with Gasteiger partial charge in [0.1, 0.15) is 6.10 Å². The molecule has 2 aromatic rings. The Labute approximate surface area is 107 Å². The van der Waals surface area contributed by atoms with Crippen molar-refractivity contribution in [2.75, 3.05) is 6.54 Å². The number of hydrogen-bond acceptors (Lipinski definition) is 5. The number of aromatic nitrogens is 2. The van der Waals surface area contributed by atoms with Crippen molar-refractivity contribution in [2.45, 2.75) is 12.5 Å². The molecule has 0 saturated heterocycles. The standard InChI is InChI=1S/C11H12BrN3O2/c12-8-3-1-2-7(6-8)10-14-11(17-15-10)9(16)4-5-13/h1-3,6,9,16H,4-5,13H2. The Balaban J connectivity index is 2.23. The summed E-state index contributed by atoms with van der Waals surface area (Å²) in [6, 6.07) is 7.54. The molecule has 1 aromatic carbocycles. The van der Waals surface area contributed by atoms with Gasteiger partial charge in [0.25, 0.3) is 5.89 Å². The largest absolute Gasteiger partial charge is 0.383 e. The molecule has 17 heavy (non-hydrogen) atoms. The van der Waals surface area contributed by atoms with Gasteiger partial charge in [0.05, 0.1) is 0 Å². The first-order valence-electron chi connectivity index (χ1n) is 5.18. The minimum atomic E-state index is -0.798. The second-order valence-electron chi connectivity index (χ2n) is 3.56. The minimum Gasteiger partial charge on any atom is -0.383 e. The van der Waals surface area contributed by atoms with E-state index in [1.54, 1.807) is 0 Å². The lowest BCUT2D eigenvalue weighted by atomic mass is 10.2. The molecule has 0 spiro atoms. The van der Waals surface area contributed by atoms with Crippen LogP contribution in [0.3, 0.4) is 0 Å². The van der Waals surface area contributed by atoms with Crippen molar-refractivity contribution in [3.8, 4) is 11.4 Å². The van der Waals surface area contributed by atoms with Gasteiger partial charge in [-0.05, 0) is 25.1 Å². The molecule has 5 nitrogen and oxygen atoms in total. The van der Waals surface area contributed by atoms with E-state index < -0.39 is 6.10 Å². The van der Waals surface area contributed by atoms with Gasteiger partial charge in [-0.25, -0.2) is 0 Å². The molecule has 0 fully saturated rings. The van der Waals surface area contributed by atoms with Crippen molar-refractivity contribution in [1.29, 1.82) is 0 Å². The number of aliphatic hydroxyl groups is 1. The molecule has 0 saturated carbocycles. The molecule has 1 atom stereocenters. The molecule has 0 aliphatic rings. The van der Waals surface area contributed by atoms with Crippen LogP contribution in [-0.2, 0) is 0 Å². The van der Waals surface area contributed by atoms with Crippen LogP contribution in [0.5, 0.6) is 0 Å². The molecule has 1 unspecified atom stereocenters. The van der Waals surface area contributed by atoms with Gasteiger partial charge in [-0.1, -0.05) is 33.2 Å². The summed E-state index contributed by atoms with van der Waals surface area (Å²) in [6.45, 7) is 0.371. The van der Waals surface area contributed by atoms with Gasteiger partial charge < -0.3 is 15.4 Å². The monoisotopic (exact) mass is 297 g/mol. The predicted octanol–water partition coefficient (Wildman–Crippen LogP) is 1.88. The number of nitrogens with zero attached hydrogens (tertiary/aromatic N) is 2. The number of aliphatic hydroxyl groups excluding tert-OH is 1. The molecule has 0 aliphatic carbocycles. The molecular formula is C11H12BrN3O2. The summed E-state index contributed by atoms with van der Waals surface area (Å²) >= 11 is 3.37. The molecule has 0 aliphatic heterocycles. The topological polar surface area (TPSA) is 85.2 Å². The fourth-order valence-electron chi connectivity index (χ4n) is 1.40. The van der Waals surface area contributed by atoms with Crippen LogP contribution in [0.4, 0.5) is 0 Å². The number of nitrogens with two attached hydrogens (primary N) is 1. The molecule has 0 radical (unpaired) electrons. The van der Waals surface area contributed by atoms with Gasteiger partial charge in [-0.3, -0.25) is 0 Å². The van der Waals surface area contributed by atoms with E-state index in [0.29, 0.717) is 18.8 Å². The van der Waals surface area contributed by atoms with E-state index in [4.69, 9.17) is 10.3 Å². The predicted molar refractivity (Wildman–Crippen MR) is 66.1 cm³/mol. The molecule has 3 N–H and O–H groups in total. The molecular weight excluding hydrogens is 286 g/mol. The summed E-state index contributed by atoms with van der Waals surface area (Å²) in [6.07, 6.45) is -0.395. The van der Waals surface area contributed by atoms with Crippen LogP contribution >= 0.6 is 15.9 Å². The molecule has 6 heteroatoms. The van der Waals surface area contributed by atoms with E-state index in [-0.39, 0.29) is 5.89 Å². The summed E-state index contributed by atoms with van der Waals surface area (Å²) in [7, 11) is 0. The fraction of sp³-hybridized carbons (Fsp3) is 0.273. The average molecular weight is 298 g/mol. The highest BCUT2D eigenvalue weighted by Crippen LogP contribution is 2.22. The third kappa shape index (κ3) is 2.91. The van der Waals surface area contributed by atoms with Gasteiger partial charge in [0.2, 0.25) is 5.82 Å². The van der Waals surface area contributed by atoms with Crippen LogP contribution < -0.4 is 5.73 Å². The molecule has 2 rings (SSSR count). The number of hydrogen-bond donors (Lipinski definition) is 2. The van der Waals surface area contributed by atoms with E-state index in [1.807, 2.05) is 24.3 Å². The lowest BCUT2D eigenvalue weighted by Crippen LogP contribution is -2.06. The zero-order valence-corrected chi connectivity index (χ0v) is 10.6. The van der Waals surface area contributed by atoms with E-state index in [9.17, 15) is 5.11 Å². The second-order valence-corrected chi connectivity index (χ2v) is 4.48. The Morgan fingerprint density at radius 2 is 2.29 bits per heavy atom. The minimum absolute atomic E-state index is 0.199. The Hall–Kier alpha value is -1.24. The summed E-state index contributed by atoms with van der Waals surface area (Å²) in [5.74, 6) is 0.655. The first kappa shape index (κ1) is 12.2. The maximum atomic E-state index is 9.65. The first-order valence-corrected chi connectivity index (χ1v) is 5.97. The summed E-state index contributed by atoms with van der Waals surface area (Å²) in [5, 5.41) is 13.5. The van der Waals surface area contributed by atoms with E-state index in [0.717, 1.165) is 10.0 Å². The lowest BCUT2D eigenvalue weighted by Gasteiger charge is -2.01. The van der Waals surface area contributed by atoms with Gasteiger partial charge >= 0.3 is 0 Å². The smallest absolute Gasteiger partial charge is 0.255 e. The summed E-state index contributed by atoms with van der Waals surface area (Å²) in [5.41, 5.74) is 6.18. The normalized spacial score (nSPS) is 12.6. The third-order valence-electron chi connectivity index (χ3n) is 2.25. The number of rotatable bonds is 4. The Morgan fingerprint density at radius 3 is 3.00 bits per heavy atom. The summed E-state index contributed by atoms with van der Waals surface area (Å²) in [4.78, 5) is 4.14. The van der Waals surface area contributed by atoms with Crippen molar-refractivity contribution in [2.24, 2.45) is 5.73 Å². The molecule has 1 heterocycles. The van der Waals surface area contributed by atoms with Gasteiger partial charge in [-0.2, -0.15) is 4.98 Å². The Bertz CT molecular complexity index is 501. The number of halogens is 1. The van der Waals surface area contributed by atoms with Crippen LogP contribution in [0.15, 0.2) is 33.3 Å². The summed E-state index contributed by atoms with van der Waals surface area (Å²) < 4.78 is 5.93. The van der Waals surface area contributed by atoms with Gasteiger partial charge in [0.15, 0.2) is 0 Å². The Kier molecular flexibility index (Phi) is 3.88. The van der Waals surface area contributed by atoms with Gasteiger partial charge in [-0.15, -0.1) is 0 Å². The average Bonchev–Trinajstić information content (AvgIpc) is 2.78. The van der Waals surface area contributed by atoms with Crippen molar-refractivity contribution >= 4 is 15.9 Å². The van der Waals surface area contributed by atoms with Crippen LogP contribution in [0.1, 0.15) is 18.4 Å². The number of benzene rings is 1. The SMILES string of the molecule is NCCC(O)c1nc(-c2cccc(Br)c2)no1.